The van der Waals surface area contributed by atoms with Crippen molar-refractivity contribution in [1.82, 2.24) is 10.2 Å². The number of nitrogens with zero attached hydrogens (tertiary/aromatic N) is 2. The highest BCUT2D eigenvalue weighted by molar-refractivity contribution is 5.85. The third-order valence-electron chi connectivity index (χ3n) is 3.19. The molecule has 1 aliphatic rings. The van der Waals surface area contributed by atoms with Crippen molar-refractivity contribution in [2.45, 2.75) is 25.3 Å². The maximum absolute atomic E-state index is 12.0. The summed E-state index contributed by atoms with van der Waals surface area (Å²) in [6.07, 6.45) is 2.31. The first kappa shape index (κ1) is 14.1. The Morgan fingerprint density at radius 1 is 1.35 bits per heavy atom. The number of amides is 2. The molecule has 0 radical (unpaired) electrons. The van der Waals surface area contributed by atoms with E-state index in [1.54, 1.807) is 31.3 Å². The summed E-state index contributed by atoms with van der Waals surface area (Å²) in [5.74, 6) is -0.219. The molecule has 104 valence electrons. The van der Waals surface area contributed by atoms with Crippen LogP contribution in [0.1, 0.15) is 24.0 Å². The molecule has 0 atom stereocenters. The van der Waals surface area contributed by atoms with Crippen molar-refractivity contribution >= 4 is 11.8 Å². The van der Waals surface area contributed by atoms with Gasteiger partial charge in [0.1, 0.15) is 0 Å². The lowest BCUT2D eigenvalue weighted by Crippen LogP contribution is -2.39. The van der Waals surface area contributed by atoms with E-state index in [4.69, 9.17) is 5.26 Å². The average molecular weight is 271 g/mol. The molecule has 0 aliphatic heterocycles. The van der Waals surface area contributed by atoms with Crippen molar-refractivity contribution < 1.29 is 9.59 Å². The Morgan fingerprint density at radius 3 is 2.55 bits per heavy atom. The molecule has 1 fully saturated rings. The minimum absolute atomic E-state index is 0.0889. The fraction of sp³-hybridized carbons (Fsp3) is 0.400. The summed E-state index contributed by atoms with van der Waals surface area (Å²) in [5.41, 5.74) is 1.40. The second-order valence-electron chi connectivity index (χ2n) is 5.08. The summed E-state index contributed by atoms with van der Waals surface area (Å²) < 4.78 is 0. The molecule has 0 heterocycles. The standard InChI is InChI=1S/C15H17N3O2/c1-18(10-14(19)17-13-6-7-13)15(20)8-11-2-4-12(9-16)5-3-11/h2-5,13H,6-8,10H2,1H3,(H,17,19). The number of benzene rings is 1. The maximum Gasteiger partial charge on any atom is 0.239 e. The Kier molecular flexibility index (Phi) is 4.36. The molecule has 2 amide bonds. The molecule has 1 saturated carbocycles. The number of hydrogen-bond acceptors (Lipinski definition) is 3. The molecule has 1 aromatic rings. The predicted octanol–water partition coefficient (Wildman–Crippen LogP) is 0.838. The van der Waals surface area contributed by atoms with E-state index >= 15 is 0 Å². The highest BCUT2D eigenvalue weighted by atomic mass is 16.2. The van der Waals surface area contributed by atoms with E-state index in [9.17, 15) is 9.59 Å². The largest absolute Gasteiger partial charge is 0.352 e. The molecule has 5 heteroatoms. The molecule has 0 spiro atoms. The normalized spacial score (nSPS) is 13.4. The van der Waals surface area contributed by atoms with Crippen molar-refractivity contribution in [1.29, 1.82) is 5.26 Å². The van der Waals surface area contributed by atoms with E-state index in [1.807, 2.05) is 6.07 Å². The Hall–Kier alpha value is -2.35. The van der Waals surface area contributed by atoms with Crippen LogP contribution >= 0.6 is 0 Å². The van der Waals surface area contributed by atoms with Crippen LogP contribution in [0.25, 0.3) is 0 Å². The first-order valence-corrected chi connectivity index (χ1v) is 6.61. The van der Waals surface area contributed by atoms with E-state index < -0.39 is 0 Å². The minimum Gasteiger partial charge on any atom is -0.352 e. The number of nitrogens with one attached hydrogen (secondary N) is 1. The van der Waals surface area contributed by atoms with Crippen molar-refractivity contribution in [2.75, 3.05) is 13.6 Å². The van der Waals surface area contributed by atoms with Gasteiger partial charge in [0.25, 0.3) is 0 Å². The number of rotatable bonds is 5. The molecule has 1 N–H and O–H groups in total. The summed E-state index contributed by atoms with van der Waals surface area (Å²) in [7, 11) is 1.62. The molecule has 1 aliphatic carbocycles. The van der Waals surface area contributed by atoms with Crippen molar-refractivity contribution in [2.24, 2.45) is 0 Å². The molecule has 20 heavy (non-hydrogen) atoms. The van der Waals surface area contributed by atoms with Crippen molar-refractivity contribution in [3.8, 4) is 6.07 Å². The van der Waals surface area contributed by atoms with Crippen LogP contribution < -0.4 is 5.32 Å². The number of carbonyl (C=O) groups is 2. The van der Waals surface area contributed by atoms with Gasteiger partial charge in [-0.1, -0.05) is 12.1 Å². The first-order chi connectivity index (χ1) is 9.58. The molecule has 2 rings (SSSR count). The Labute approximate surface area is 118 Å². The highest BCUT2D eigenvalue weighted by Gasteiger charge is 2.24. The zero-order valence-corrected chi connectivity index (χ0v) is 11.4. The van der Waals surface area contributed by atoms with E-state index in [1.165, 1.54) is 4.90 Å². The van der Waals surface area contributed by atoms with Crippen LogP contribution in [0, 0.1) is 11.3 Å². The van der Waals surface area contributed by atoms with Crippen LogP contribution in [0.4, 0.5) is 0 Å². The summed E-state index contributed by atoms with van der Waals surface area (Å²) in [5, 5.41) is 11.6. The highest BCUT2D eigenvalue weighted by Crippen LogP contribution is 2.18. The molecule has 1 aromatic carbocycles. The van der Waals surface area contributed by atoms with Crippen molar-refractivity contribution in [3.63, 3.8) is 0 Å². The fourth-order valence-corrected chi connectivity index (χ4v) is 1.81. The van der Waals surface area contributed by atoms with Crippen LogP contribution in [0.2, 0.25) is 0 Å². The van der Waals surface area contributed by atoms with Crippen LogP contribution in [0.5, 0.6) is 0 Å². The minimum atomic E-state index is -0.111. The molecule has 0 aromatic heterocycles. The lowest BCUT2D eigenvalue weighted by molar-refractivity contribution is -0.134. The van der Waals surface area contributed by atoms with Gasteiger partial charge in [0.15, 0.2) is 0 Å². The van der Waals surface area contributed by atoms with E-state index in [2.05, 4.69) is 5.32 Å². The molecule has 5 nitrogen and oxygen atoms in total. The van der Waals surface area contributed by atoms with Crippen LogP contribution in [-0.4, -0.2) is 36.3 Å². The topological polar surface area (TPSA) is 73.2 Å². The molecule has 0 saturated heterocycles. The molecule has 0 bridgehead atoms. The summed E-state index contributed by atoms with van der Waals surface area (Å²) in [4.78, 5) is 25.0. The lowest BCUT2D eigenvalue weighted by Gasteiger charge is -2.16. The fourth-order valence-electron chi connectivity index (χ4n) is 1.81. The predicted molar refractivity (Wildman–Crippen MR) is 73.7 cm³/mol. The van der Waals surface area contributed by atoms with Gasteiger partial charge in [-0.05, 0) is 30.5 Å². The summed E-state index contributed by atoms with van der Waals surface area (Å²) >= 11 is 0. The third-order valence-corrected chi connectivity index (χ3v) is 3.19. The quantitative estimate of drug-likeness (QED) is 0.862. The molecular formula is C15H17N3O2. The zero-order valence-electron chi connectivity index (χ0n) is 11.4. The van der Waals surface area contributed by atoms with Gasteiger partial charge < -0.3 is 10.2 Å². The van der Waals surface area contributed by atoms with E-state index in [0.717, 1.165) is 18.4 Å². The van der Waals surface area contributed by atoms with Crippen molar-refractivity contribution in [3.05, 3.63) is 35.4 Å². The second-order valence-corrected chi connectivity index (χ2v) is 5.08. The average Bonchev–Trinajstić information content (AvgIpc) is 3.23. The lowest BCUT2D eigenvalue weighted by atomic mass is 10.1. The van der Waals surface area contributed by atoms with Gasteiger partial charge in [0, 0.05) is 13.1 Å². The van der Waals surface area contributed by atoms with Gasteiger partial charge in [-0.3, -0.25) is 9.59 Å². The van der Waals surface area contributed by atoms with Gasteiger partial charge in [0.2, 0.25) is 11.8 Å². The van der Waals surface area contributed by atoms with E-state index in [0.29, 0.717) is 11.6 Å². The van der Waals surface area contributed by atoms with Gasteiger partial charge in [-0.15, -0.1) is 0 Å². The number of carbonyl (C=O) groups excluding carboxylic acids is 2. The third kappa shape index (κ3) is 4.09. The summed E-state index contributed by atoms with van der Waals surface area (Å²) in [6.45, 7) is 0.0889. The smallest absolute Gasteiger partial charge is 0.239 e. The molecule has 0 unspecified atom stereocenters. The van der Waals surface area contributed by atoms with Gasteiger partial charge in [0.05, 0.1) is 24.6 Å². The van der Waals surface area contributed by atoms with Gasteiger partial charge >= 0.3 is 0 Å². The Morgan fingerprint density at radius 2 is 2.00 bits per heavy atom. The van der Waals surface area contributed by atoms with Gasteiger partial charge in [-0.25, -0.2) is 0 Å². The first-order valence-electron chi connectivity index (χ1n) is 6.61. The van der Waals surface area contributed by atoms with Crippen LogP contribution in [-0.2, 0) is 16.0 Å². The number of hydrogen-bond donors (Lipinski definition) is 1. The number of nitriles is 1. The van der Waals surface area contributed by atoms with E-state index in [-0.39, 0.29) is 24.8 Å². The SMILES string of the molecule is CN(CC(=O)NC1CC1)C(=O)Cc1ccc(C#N)cc1. The monoisotopic (exact) mass is 271 g/mol. The molecular weight excluding hydrogens is 254 g/mol. The Balaban J connectivity index is 1.83. The van der Waals surface area contributed by atoms with Crippen LogP contribution in [0.15, 0.2) is 24.3 Å². The second kappa shape index (κ2) is 6.20. The Bertz CT molecular complexity index is 541. The summed E-state index contributed by atoms with van der Waals surface area (Å²) in [6, 6.07) is 9.22. The maximum atomic E-state index is 12.0. The number of likely N-dealkylation sites (N-methyl/N-ethyl adjacent to an activating group) is 1. The van der Waals surface area contributed by atoms with Crippen LogP contribution in [0.3, 0.4) is 0 Å². The zero-order chi connectivity index (χ0) is 14.5. The van der Waals surface area contributed by atoms with Gasteiger partial charge in [-0.2, -0.15) is 5.26 Å².